The van der Waals surface area contributed by atoms with Crippen LogP contribution in [0, 0.1) is 6.92 Å². The molecule has 0 aliphatic heterocycles. The lowest BCUT2D eigenvalue weighted by Gasteiger charge is -2.26. The second-order valence-corrected chi connectivity index (χ2v) is 4.57. The first-order valence-corrected chi connectivity index (χ1v) is 6.05. The van der Waals surface area contributed by atoms with Crippen LogP contribution in [0.1, 0.15) is 38.1 Å². The predicted molar refractivity (Wildman–Crippen MR) is 74.8 cm³/mol. The van der Waals surface area contributed by atoms with Crippen LogP contribution < -0.4 is 11.1 Å². The van der Waals surface area contributed by atoms with Crippen LogP contribution >= 0.6 is 12.4 Å². The topological polar surface area (TPSA) is 83.8 Å². The number of carbonyl (C=O) groups excluding carboxylic acids is 1. The van der Waals surface area contributed by atoms with E-state index in [1.54, 1.807) is 0 Å². The minimum absolute atomic E-state index is 0. The van der Waals surface area contributed by atoms with Crippen molar-refractivity contribution >= 4 is 18.3 Å². The highest BCUT2D eigenvalue weighted by molar-refractivity contribution is 5.85. The normalized spacial score (nSPS) is 10.9. The van der Waals surface area contributed by atoms with Crippen molar-refractivity contribution in [3.63, 3.8) is 0 Å². The molecule has 0 atom stereocenters. The van der Waals surface area contributed by atoms with Gasteiger partial charge in [0.25, 0.3) is 0 Å². The van der Waals surface area contributed by atoms with Gasteiger partial charge in [-0.15, -0.1) is 12.4 Å². The maximum atomic E-state index is 11.7. The van der Waals surface area contributed by atoms with Crippen molar-refractivity contribution in [2.45, 2.75) is 45.6 Å². The number of H-pyrrole nitrogens is 1. The van der Waals surface area contributed by atoms with Crippen molar-refractivity contribution in [1.82, 2.24) is 15.5 Å². The van der Waals surface area contributed by atoms with Crippen LogP contribution in [0.3, 0.4) is 0 Å². The number of carbonyl (C=O) groups is 1. The van der Waals surface area contributed by atoms with Gasteiger partial charge in [0.1, 0.15) is 0 Å². The van der Waals surface area contributed by atoms with Crippen LogP contribution in [0.2, 0.25) is 0 Å². The summed E-state index contributed by atoms with van der Waals surface area (Å²) in [4.78, 5) is 11.7. The number of rotatable bonds is 6. The maximum absolute atomic E-state index is 11.7. The summed E-state index contributed by atoms with van der Waals surface area (Å²) in [5.41, 5.74) is 7.53. The van der Waals surface area contributed by atoms with Crippen LogP contribution in [0.25, 0.3) is 0 Å². The minimum atomic E-state index is -0.294. The third kappa shape index (κ3) is 5.06. The maximum Gasteiger partial charge on any atom is 0.226 e. The molecule has 0 aliphatic rings. The highest BCUT2D eigenvalue weighted by atomic mass is 35.5. The molecular weight excluding hydrogens is 252 g/mol. The largest absolute Gasteiger partial charge is 0.354 e. The Kier molecular flexibility index (Phi) is 6.94. The van der Waals surface area contributed by atoms with E-state index in [-0.39, 0.29) is 23.9 Å². The second kappa shape index (κ2) is 7.38. The molecule has 0 saturated heterocycles. The van der Waals surface area contributed by atoms with Gasteiger partial charge in [-0.2, -0.15) is 5.10 Å². The Morgan fingerprint density at radius 2 is 2.11 bits per heavy atom. The Morgan fingerprint density at radius 3 is 2.56 bits per heavy atom. The van der Waals surface area contributed by atoms with E-state index in [2.05, 4.69) is 15.5 Å². The number of aromatic amines is 1. The van der Waals surface area contributed by atoms with Crippen molar-refractivity contribution in [1.29, 1.82) is 0 Å². The Morgan fingerprint density at radius 1 is 1.50 bits per heavy atom. The van der Waals surface area contributed by atoms with Crippen LogP contribution in [0.4, 0.5) is 0 Å². The first kappa shape index (κ1) is 16.9. The van der Waals surface area contributed by atoms with E-state index >= 15 is 0 Å². The number of hydrogen-bond donors (Lipinski definition) is 3. The summed E-state index contributed by atoms with van der Waals surface area (Å²) in [6, 6.07) is 1.87. The fourth-order valence-electron chi connectivity index (χ4n) is 1.57. The summed E-state index contributed by atoms with van der Waals surface area (Å²) in [6.45, 7) is 6.50. The molecule has 0 radical (unpaired) electrons. The summed E-state index contributed by atoms with van der Waals surface area (Å²) in [5.74, 6) is -0.0341. The molecule has 1 aromatic rings. The van der Waals surface area contributed by atoms with E-state index in [0.717, 1.165) is 24.2 Å². The molecule has 104 valence electrons. The molecule has 0 bridgehead atoms. The lowest BCUT2D eigenvalue weighted by Crippen LogP contribution is -2.49. The number of nitrogens with two attached hydrogens (primary N) is 1. The molecule has 1 rings (SSSR count). The number of aromatic nitrogens is 2. The SMILES string of the molecule is CCC(N)(CC)CNC(=O)Cc1cc(C)[nH]n1.Cl. The van der Waals surface area contributed by atoms with E-state index in [1.807, 2.05) is 26.8 Å². The van der Waals surface area contributed by atoms with Crippen molar-refractivity contribution in [2.24, 2.45) is 5.73 Å². The van der Waals surface area contributed by atoms with Crippen molar-refractivity contribution < 1.29 is 4.79 Å². The molecule has 0 fully saturated rings. The zero-order valence-corrected chi connectivity index (χ0v) is 12.1. The average Bonchev–Trinajstić information content (AvgIpc) is 2.72. The molecule has 0 aliphatic carbocycles. The fraction of sp³-hybridized carbons (Fsp3) is 0.667. The molecule has 5 nitrogen and oxygen atoms in total. The molecule has 18 heavy (non-hydrogen) atoms. The summed E-state index contributed by atoms with van der Waals surface area (Å²) >= 11 is 0. The van der Waals surface area contributed by atoms with Crippen molar-refractivity contribution in [2.75, 3.05) is 6.54 Å². The molecular formula is C12H23ClN4O. The quantitative estimate of drug-likeness (QED) is 0.731. The standard InChI is InChI=1S/C12H22N4O.ClH/c1-4-12(13,5-2)8-14-11(17)7-10-6-9(3)15-16-10;/h6H,4-5,7-8,13H2,1-3H3,(H,14,17)(H,15,16);1H. The Hall–Kier alpha value is -1.07. The Bertz CT molecular complexity index is 374. The molecule has 1 aromatic heterocycles. The van der Waals surface area contributed by atoms with Crippen LogP contribution in [0.15, 0.2) is 6.07 Å². The van der Waals surface area contributed by atoms with E-state index in [9.17, 15) is 4.79 Å². The number of amides is 1. The highest BCUT2D eigenvalue weighted by Crippen LogP contribution is 2.09. The second-order valence-electron chi connectivity index (χ2n) is 4.57. The van der Waals surface area contributed by atoms with E-state index in [0.29, 0.717) is 13.0 Å². The zero-order chi connectivity index (χ0) is 12.9. The van der Waals surface area contributed by atoms with Gasteiger partial charge in [0.05, 0.1) is 12.1 Å². The zero-order valence-electron chi connectivity index (χ0n) is 11.2. The number of halogens is 1. The summed E-state index contributed by atoms with van der Waals surface area (Å²) in [6.07, 6.45) is 2.00. The van der Waals surface area contributed by atoms with Gasteiger partial charge in [-0.05, 0) is 25.8 Å². The summed E-state index contributed by atoms with van der Waals surface area (Å²) in [5, 5.41) is 9.70. The summed E-state index contributed by atoms with van der Waals surface area (Å²) in [7, 11) is 0. The number of aryl methyl sites for hydroxylation is 1. The van der Waals surface area contributed by atoms with E-state index < -0.39 is 0 Å². The van der Waals surface area contributed by atoms with Gasteiger partial charge >= 0.3 is 0 Å². The predicted octanol–water partition coefficient (Wildman–Crippen LogP) is 1.32. The van der Waals surface area contributed by atoms with Crippen molar-refractivity contribution in [3.05, 3.63) is 17.5 Å². The van der Waals surface area contributed by atoms with Gasteiger partial charge < -0.3 is 11.1 Å². The molecule has 0 saturated carbocycles. The minimum Gasteiger partial charge on any atom is -0.354 e. The Balaban J connectivity index is 0.00000289. The third-order valence-electron chi connectivity index (χ3n) is 3.15. The average molecular weight is 275 g/mol. The van der Waals surface area contributed by atoms with Gasteiger partial charge in [0.2, 0.25) is 5.91 Å². The molecule has 1 heterocycles. The number of nitrogens with zero attached hydrogens (tertiary/aromatic N) is 1. The first-order valence-electron chi connectivity index (χ1n) is 6.05. The molecule has 0 unspecified atom stereocenters. The van der Waals surface area contributed by atoms with Gasteiger partial charge in [-0.1, -0.05) is 13.8 Å². The fourth-order valence-corrected chi connectivity index (χ4v) is 1.57. The monoisotopic (exact) mass is 274 g/mol. The molecule has 4 N–H and O–H groups in total. The number of hydrogen-bond acceptors (Lipinski definition) is 3. The molecule has 1 amide bonds. The number of nitrogens with one attached hydrogen (secondary N) is 2. The highest BCUT2D eigenvalue weighted by Gasteiger charge is 2.20. The lowest BCUT2D eigenvalue weighted by atomic mass is 9.94. The lowest BCUT2D eigenvalue weighted by molar-refractivity contribution is -0.120. The van der Waals surface area contributed by atoms with Gasteiger partial charge in [-0.25, -0.2) is 0 Å². The van der Waals surface area contributed by atoms with Crippen LogP contribution in [-0.2, 0) is 11.2 Å². The van der Waals surface area contributed by atoms with E-state index in [1.165, 1.54) is 0 Å². The summed E-state index contributed by atoms with van der Waals surface area (Å²) < 4.78 is 0. The van der Waals surface area contributed by atoms with Gasteiger partial charge in [0, 0.05) is 17.8 Å². The first-order chi connectivity index (χ1) is 7.99. The molecule has 6 heteroatoms. The molecule has 0 aromatic carbocycles. The van der Waals surface area contributed by atoms with Crippen LogP contribution in [-0.4, -0.2) is 28.2 Å². The van der Waals surface area contributed by atoms with Crippen LogP contribution in [0.5, 0.6) is 0 Å². The van der Waals surface area contributed by atoms with Gasteiger partial charge in [-0.3, -0.25) is 9.89 Å². The van der Waals surface area contributed by atoms with Crippen molar-refractivity contribution in [3.8, 4) is 0 Å². The van der Waals surface area contributed by atoms with Gasteiger partial charge in [0.15, 0.2) is 0 Å². The molecule has 0 spiro atoms. The van der Waals surface area contributed by atoms with E-state index in [4.69, 9.17) is 5.73 Å². The smallest absolute Gasteiger partial charge is 0.226 e. The third-order valence-corrected chi connectivity index (χ3v) is 3.15. The Labute approximate surface area is 114 Å².